The molecule has 25 heavy (non-hydrogen) atoms. The highest BCUT2D eigenvalue weighted by molar-refractivity contribution is 7.91. The van der Waals surface area contributed by atoms with E-state index in [0.717, 1.165) is 11.1 Å². The van der Waals surface area contributed by atoms with Crippen molar-refractivity contribution in [2.75, 3.05) is 0 Å². The molecule has 5 heteroatoms. The first-order chi connectivity index (χ1) is 12.0. The summed E-state index contributed by atoms with van der Waals surface area (Å²) in [5.41, 5.74) is 1.79. The van der Waals surface area contributed by atoms with E-state index < -0.39 is 9.84 Å². The summed E-state index contributed by atoms with van der Waals surface area (Å²) in [7, 11) is -3.63. The zero-order valence-corrected chi connectivity index (χ0v) is 14.5. The first-order valence-electron chi connectivity index (χ1n) is 7.78. The molecule has 1 N–H and O–H groups in total. The average molecular weight is 354 g/mol. The SMILES string of the molecule is Cc1cc(S(=O)(=O)c2ccc(O)cc2)ccc1OCc1ccccc1. The Kier molecular flexibility index (Phi) is 4.76. The molecule has 0 aromatic heterocycles. The molecule has 0 radical (unpaired) electrons. The fraction of sp³-hybridized carbons (Fsp3) is 0.100. The summed E-state index contributed by atoms with van der Waals surface area (Å²) in [6.07, 6.45) is 0. The number of hydrogen-bond acceptors (Lipinski definition) is 4. The third-order valence-electron chi connectivity index (χ3n) is 3.84. The molecule has 0 heterocycles. The zero-order chi connectivity index (χ0) is 17.9. The van der Waals surface area contributed by atoms with E-state index in [1.165, 1.54) is 30.3 Å². The Morgan fingerprint density at radius 1 is 0.880 bits per heavy atom. The van der Waals surface area contributed by atoms with Crippen molar-refractivity contribution in [3.63, 3.8) is 0 Å². The van der Waals surface area contributed by atoms with Crippen LogP contribution in [0.3, 0.4) is 0 Å². The molecule has 4 nitrogen and oxygen atoms in total. The third kappa shape index (κ3) is 3.83. The minimum Gasteiger partial charge on any atom is -0.508 e. The summed E-state index contributed by atoms with van der Waals surface area (Å²) in [5.74, 6) is 0.674. The molecule has 0 atom stereocenters. The van der Waals surface area contributed by atoms with Gasteiger partial charge in [0.2, 0.25) is 9.84 Å². The lowest BCUT2D eigenvalue weighted by Crippen LogP contribution is -2.03. The molecule has 128 valence electrons. The van der Waals surface area contributed by atoms with Gasteiger partial charge < -0.3 is 9.84 Å². The molecule has 3 aromatic rings. The summed E-state index contributed by atoms with van der Waals surface area (Å²) in [5, 5.41) is 9.32. The van der Waals surface area contributed by atoms with Gasteiger partial charge in [-0.25, -0.2) is 8.42 Å². The first-order valence-corrected chi connectivity index (χ1v) is 9.26. The van der Waals surface area contributed by atoms with Crippen LogP contribution in [0.25, 0.3) is 0 Å². The van der Waals surface area contributed by atoms with Crippen molar-refractivity contribution in [2.24, 2.45) is 0 Å². The highest BCUT2D eigenvalue weighted by atomic mass is 32.2. The van der Waals surface area contributed by atoms with Gasteiger partial charge in [-0.15, -0.1) is 0 Å². The van der Waals surface area contributed by atoms with Gasteiger partial charge >= 0.3 is 0 Å². The Morgan fingerprint density at radius 2 is 1.52 bits per heavy atom. The van der Waals surface area contributed by atoms with Crippen LogP contribution in [-0.4, -0.2) is 13.5 Å². The maximum Gasteiger partial charge on any atom is 0.206 e. The van der Waals surface area contributed by atoms with Gasteiger partial charge in [0.1, 0.15) is 18.1 Å². The molecule has 0 unspecified atom stereocenters. The van der Waals surface area contributed by atoms with Gasteiger partial charge in [0.15, 0.2) is 0 Å². The van der Waals surface area contributed by atoms with Crippen LogP contribution in [0.4, 0.5) is 0 Å². The molecular weight excluding hydrogens is 336 g/mol. The van der Waals surface area contributed by atoms with Crippen molar-refractivity contribution in [1.82, 2.24) is 0 Å². The quantitative estimate of drug-likeness (QED) is 0.749. The van der Waals surface area contributed by atoms with Gasteiger partial charge in [0, 0.05) is 0 Å². The Labute approximate surface area is 147 Å². The molecule has 3 rings (SSSR count). The summed E-state index contributed by atoms with van der Waals surface area (Å²) < 4.78 is 31.1. The summed E-state index contributed by atoms with van der Waals surface area (Å²) in [4.78, 5) is 0.338. The second-order valence-corrected chi connectivity index (χ2v) is 7.65. The van der Waals surface area contributed by atoms with Gasteiger partial charge in [-0.05, 0) is 60.5 Å². The second kappa shape index (κ2) is 6.99. The van der Waals surface area contributed by atoms with Crippen LogP contribution in [0.5, 0.6) is 11.5 Å². The normalized spacial score (nSPS) is 11.2. The van der Waals surface area contributed by atoms with Gasteiger partial charge in [0.05, 0.1) is 9.79 Å². The largest absolute Gasteiger partial charge is 0.508 e. The van der Waals surface area contributed by atoms with Crippen molar-refractivity contribution in [3.8, 4) is 11.5 Å². The number of phenols is 1. The predicted molar refractivity (Wildman–Crippen MR) is 95.5 cm³/mol. The second-order valence-electron chi connectivity index (χ2n) is 5.70. The van der Waals surface area contributed by atoms with Crippen molar-refractivity contribution < 1.29 is 18.3 Å². The van der Waals surface area contributed by atoms with Crippen LogP contribution in [0.15, 0.2) is 82.6 Å². The van der Waals surface area contributed by atoms with Gasteiger partial charge in [-0.1, -0.05) is 30.3 Å². The van der Waals surface area contributed by atoms with Crippen LogP contribution in [0, 0.1) is 6.92 Å². The van der Waals surface area contributed by atoms with E-state index in [1.54, 1.807) is 12.1 Å². The van der Waals surface area contributed by atoms with Crippen LogP contribution >= 0.6 is 0 Å². The van der Waals surface area contributed by atoms with E-state index in [2.05, 4.69) is 0 Å². The molecule has 3 aromatic carbocycles. The van der Waals surface area contributed by atoms with Crippen LogP contribution in [-0.2, 0) is 16.4 Å². The van der Waals surface area contributed by atoms with Gasteiger partial charge in [-0.2, -0.15) is 0 Å². The van der Waals surface area contributed by atoms with Crippen molar-refractivity contribution >= 4 is 9.84 Å². The Balaban J connectivity index is 1.82. The Bertz CT molecular complexity index is 962. The zero-order valence-electron chi connectivity index (χ0n) is 13.7. The third-order valence-corrected chi connectivity index (χ3v) is 5.61. The molecule has 0 bridgehead atoms. The molecule has 0 aliphatic carbocycles. The standard InChI is InChI=1S/C20H18O4S/c1-15-13-19(25(22,23)18-9-7-17(21)8-10-18)11-12-20(15)24-14-16-5-3-2-4-6-16/h2-13,21H,14H2,1H3. The highest BCUT2D eigenvalue weighted by Gasteiger charge is 2.18. The van der Waals surface area contributed by atoms with Gasteiger partial charge in [-0.3, -0.25) is 0 Å². The van der Waals surface area contributed by atoms with E-state index in [4.69, 9.17) is 4.74 Å². The Hall–Kier alpha value is -2.79. The lowest BCUT2D eigenvalue weighted by molar-refractivity contribution is 0.304. The van der Waals surface area contributed by atoms with Crippen molar-refractivity contribution in [1.29, 1.82) is 0 Å². The van der Waals surface area contributed by atoms with Crippen LogP contribution in [0.1, 0.15) is 11.1 Å². The topological polar surface area (TPSA) is 63.6 Å². The number of aryl methyl sites for hydroxylation is 1. The summed E-state index contributed by atoms with van der Waals surface area (Å²) in [6, 6.07) is 20.1. The van der Waals surface area contributed by atoms with Crippen LogP contribution < -0.4 is 4.74 Å². The molecule has 0 saturated heterocycles. The van der Waals surface area contributed by atoms with Crippen LogP contribution in [0.2, 0.25) is 0 Å². The van der Waals surface area contributed by atoms with E-state index in [1.807, 2.05) is 37.3 Å². The molecule has 0 aliphatic rings. The number of sulfone groups is 1. The number of benzene rings is 3. The van der Waals surface area contributed by atoms with E-state index in [0.29, 0.717) is 12.4 Å². The smallest absolute Gasteiger partial charge is 0.206 e. The minimum absolute atomic E-state index is 0.0276. The van der Waals surface area contributed by atoms with Crippen molar-refractivity contribution in [2.45, 2.75) is 23.3 Å². The minimum atomic E-state index is -3.63. The fourth-order valence-electron chi connectivity index (χ4n) is 2.45. The highest BCUT2D eigenvalue weighted by Crippen LogP contribution is 2.27. The van der Waals surface area contributed by atoms with Gasteiger partial charge in [0.25, 0.3) is 0 Å². The molecule has 0 fully saturated rings. The molecule has 0 aliphatic heterocycles. The van der Waals surface area contributed by atoms with E-state index in [9.17, 15) is 13.5 Å². The van der Waals surface area contributed by atoms with E-state index in [-0.39, 0.29) is 15.5 Å². The summed E-state index contributed by atoms with van der Waals surface area (Å²) in [6.45, 7) is 2.24. The summed E-state index contributed by atoms with van der Waals surface area (Å²) >= 11 is 0. The first kappa shape index (κ1) is 17.0. The number of phenolic OH excluding ortho intramolecular Hbond substituents is 1. The molecule has 0 saturated carbocycles. The van der Waals surface area contributed by atoms with E-state index >= 15 is 0 Å². The fourth-order valence-corrected chi connectivity index (χ4v) is 3.79. The maximum atomic E-state index is 12.7. The molecule has 0 spiro atoms. The number of hydrogen-bond donors (Lipinski definition) is 1. The number of ether oxygens (including phenoxy) is 1. The average Bonchev–Trinajstić information content (AvgIpc) is 2.62. The molecular formula is C20H18O4S. The monoisotopic (exact) mass is 354 g/mol. The maximum absolute atomic E-state index is 12.7. The molecule has 0 amide bonds. The lowest BCUT2D eigenvalue weighted by atomic mass is 10.2. The van der Waals surface area contributed by atoms with Crippen molar-refractivity contribution in [3.05, 3.63) is 83.9 Å². The number of rotatable bonds is 5. The Morgan fingerprint density at radius 3 is 2.16 bits per heavy atom. The predicted octanol–water partition coefficient (Wildman–Crippen LogP) is 4.11. The lowest BCUT2D eigenvalue weighted by Gasteiger charge is -2.11. The number of aromatic hydroxyl groups is 1.